The monoisotopic (exact) mass is 396 g/mol. The van der Waals surface area contributed by atoms with Crippen LogP contribution in [0.25, 0.3) is 11.3 Å². The van der Waals surface area contributed by atoms with Gasteiger partial charge < -0.3 is 10.6 Å². The number of hydrogen-bond acceptors (Lipinski definition) is 6. The van der Waals surface area contributed by atoms with Crippen LogP contribution in [0.2, 0.25) is 0 Å². The maximum atomic E-state index is 12.4. The average Bonchev–Trinajstić information content (AvgIpc) is 2.80. The lowest BCUT2D eigenvalue weighted by Crippen LogP contribution is -2.13. The number of pyridine rings is 2. The number of amides is 1. The molecule has 2 N–H and O–H groups in total. The molecule has 3 aromatic heterocycles. The van der Waals surface area contributed by atoms with Gasteiger partial charge in [0.1, 0.15) is 5.82 Å². The van der Waals surface area contributed by atoms with Gasteiger partial charge in [-0.2, -0.15) is 0 Å². The van der Waals surface area contributed by atoms with E-state index >= 15 is 0 Å². The van der Waals surface area contributed by atoms with Crippen molar-refractivity contribution in [2.45, 2.75) is 13.0 Å². The standard InChI is InChI=1S/C23H20N6O/c1-16(27-22-15-26-14-21(29-22)18-6-3-9-24-12-18)17-5-2-8-20(11-17)28-23(30)19-7-4-10-25-13-19/h2-16H,1H3,(H,27,29)(H,28,30)/t16-/m0/s1. The molecule has 0 saturated heterocycles. The predicted octanol–water partition coefficient (Wildman–Crippen LogP) is 4.36. The minimum absolute atomic E-state index is 0.0429. The fourth-order valence-electron chi connectivity index (χ4n) is 2.98. The first-order valence-corrected chi connectivity index (χ1v) is 9.49. The minimum atomic E-state index is -0.198. The number of nitrogens with one attached hydrogen (secondary N) is 2. The molecule has 0 unspecified atom stereocenters. The van der Waals surface area contributed by atoms with Crippen LogP contribution in [0.3, 0.4) is 0 Å². The van der Waals surface area contributed by atoms with Crippen molar-refractivity contribution in [3.63, 3.8) is 0 Å². The lowest BCUT2D eigenvalue weighted by Gasteiger charge is -2.16. The molecule has 0 spiro atoms. The van der Waals surface area contributed by atoms with Crippen LogP contribution in [-0.4, -0.2) is 25.8 Å². The smallest absolute Gasteiger partial charge is 0.257 e. The number of benzene rings is 1. The van der Waals surface area contributed by atoms with Gasteiger partial charge in [-0.15, -0.1) is 0 Å². The van der Waals surface area contributed by atoms with E-state index in [0.29, 0.717) is 17.1 Å². The summed E-state index contributed by atoms with van der Waals surface area (Å²) in [6.07, 6.45) is 10.0. The first kappa shape index (κ1) is 19.2. The van der Waals surface area contributed by atoms with Crippen molar-refractivity contribution in [2.24, 2.45) is 0 Å². The van der Waals surface area contributed by atoms with E-state index in [2.05, 4.69) is 30.6 Å². The van der Waals surface area contributed by atoms with E-state index in [1.54, 1.807) is 43.1 Å². The Morgan fingerprint density at radius 1 is 0.900 bits per heavy atom. The van der Waals surface area contributed by atoms with E-state index in [9.17, 15) is 4.79 Å². The third kappa shape index (κ3) is 4.64. The van der Waals surface area contributed by atoms with Gasteiger partial charge in [0.25, 0.3) is 5.91 Å². The second kappa shape index (κ2) is 8.91. The van der Waals surface area contributed by atoms with E-state index in [1.165, 1.54) is 6.20 Å². The topological polar surface area (TPSA) is 92.7 Å². The Morgan fingerprint density at radius 3 is 2.50 bits per heavy atom. The first-order chi connectivity index (χ1) is 14.7. The van der Waals surface area contributed by atoms with Crippen LogP contribution in [0.15, 0.2) is 85.7 Å². The van der Waals surface area contributed by atoms with Gasteiger partial charge in [0.05, 0.1) is 29.7 Å². The molecule has 1 amide bonds. The van der Waals surface area contributed by atoms with Gasteiger partial charge in [-0.05, 0) is 48.9 Å². The maximum Gasteiger partial charge on any atom is 0.257 e. The molecule has 0 aliphatic heterocycles. The van der Waals surface area contributed by atoms with Crippen molar-refractivity contribution >= 4 is 17.4 Å². The Balaban J connectivity index is 1.47. The van der Waals surface area contributed by atoms with Crippen LogP contribution in [0.4, 0.5) is 11.5 Å². The molecule has 1 atom stereocenters. The minimum Gasteiger partial charge on any atom is -0.362 e. The second-order valence-corrected chi connectivity index (χ2v) is 6.72. The Bertz CT molecular complexity index is 1130. The number of anilines is 2. The van der Waals surface area contributed by atoms with Crippen LogP contribution < -0.4 is 10.6 Å². The molecule has 0 aliphatic carbocycles. The third-order valence-electron chi connectivity index (χ3n) is 4.52. The van der Waals surface area contributed by atoms with E-state index in [4.69, 9.17) is 0 Å². The Morgan fingerprint density at radius 2 is 1.73 bits per heavy atom. The highest BCUT2D eigenvalue weighted by molar-refractivity contribution is 6.04. The van der Waals surface area contributed by atoms with Crippen molar-refractivity contribution in [3.8, 4) is 11.3 Å². The fourth-order valence-corrected chi connectivity index (χ4v) is 2.98. The lowest BCUT2D eigenvalue weighted by molar-refractivity contribution is 0.102. The number of carbonyl (C=O) groups is 1. The number of aromatic nitrogens is 4. The molecular formula is C23H20N6O. The highest BCUT2D eigenvalue weighted by Crippen LogP contribution is 2.23. The summed E-state index contributed by atoms with van der Waals surface area (Å²) in [5.41, 5.74) is 3.88. The summed E-state index contributed by atoms with van der Waals surface area (Å²) in [6.45, 7) is 2.03. The fraction of sp³-hybridized carbons (Fsp3) is 0.0870. The van der Waals surface area contributed by atoms with Gasteiger partial charge in [0.15, 0.2) is 0 Å². The molecule has 148 valence electrons. The summed E-state index contributed by atoms with van der Waals surface area (Å²) in [5.74, 6) is 0.463. The molecule has 7 heteroatoms. The van der Waals surface area contributed by atoms with Gasteiger partial charge >= 0.3 is 0 Å². The van der Waals surface area contributed by atoms with Crippen molar-refractivity contribution in [1.29, 1.82) is 0 Å². The Hall–Kier alpha value is -4.13. The zero-order valence-electron chi connectivity index (χ0n) is 16.4. The largest absolute Gasteiger partial charge is 0.362 e. The van der Waals surface area contributed by atoms with Crippen LogP contribution in [0.1, 0.15) is 28.9 Å². The van der Waals surface area contributed by atoms with Gasteiger partial charge in [-0.3, -0.25) is 19.7 Å². The summed E-state index contributed by atoms with van der Waals surface area (Å²) < 4.78 is 0. The molecule has 0 saturated carbocycles. The molecule has 1 aromatic carbocycles. The summed E-state index contributed by atoms with van der Waals surface area (Å²) in [6, 6.07) is 14.9. The number of hydrogen-bond donors (Lipinski definition) is 2. The van der Waals surface area contributed by atoms with E-state index in [-0.39, 0.29) is 11.9 Å². The Kier molecular flexibility index (Phi) is 5.70. The molecule has 0 bridgehead atoms. The van der Waals surface area contributed by atoms with E-state index in [0.717, 1.165) is 16.8 Å². The van der Waals surface area contributed by atoms with Crippen molar-refractivity contribution < 1.29 is 4.79 Å². The molecule has 30 heavy (non-hydrogen) atoms. The molecule has 4 aromatic rings. The highest BCUT2D eigenvalue weighted by Gasteiger charge is 2.11. The van der Waals surface area contributed by atoms with Crippen LogP contribution in [0.5, 0.6) is 0 Å². The van der Waals surface area contributed by atoms with Gasteiger partial charge in [-0.1, -0.05) is 12.1 Å². The van der Waals surface area contributed by atoms with Crippen LogP contribution >= 0.6 is 0 Å². The zero-order valence-corrected chi connectivity index (χ0v) is 16.4. The quantitative estimate of drug-likeness (QED) is 0.503. The maximum absolute atomic E-state index is 12.4. The number of rotatable bonds is 6. The molecular weight excluding hydrogens is 376 g/mol. The normalized spacial score (nSPS) is 11.5. The van der Waals surface area contributed by atoms with E-state index < -0.39 is 0 Å². The lowest BCUT2D eigenvalue weighted by atomic mass is 10.1. The average molecular weight is 396 g/mol. The second-order valence-electron chi connectivity index (χ2n) is 6.72. The molecule has 0 fully saturated rings. The zero-order chi connectivity index (χ0) is 20.8. The number of carbonyl (C=O) groups excluding carboxylic acids is 1. The van der Waals surface area contributed by atoms with Crippen molar-refractivity contribution in [2.75, 3.05) is 10.6 Å². The summed E-state index contributed by atoms with van der Waals surface area (Å²) in [7, 11) is 0. The third-order valence-corrected chi connectivity index (χ3v) is 4.52. The molecule has 7 nitrogen and oxygen atoms in total. The SMILES string of the molecule is C[C@H](Nc1cncc(-c2cccnc2)n1)c1cccc(NC(=O)c2cccnc2)c1. The van der Waals surface area contributed by atoms with Gasteiger partial charge in [-0.25, -0.2) is 4.98 Å². The molecule has 4 rings (SSSR count). The van der Waals surface area contributed by atoms with Crippen molar-refractivity contribution in [3.05, 3.63) is 96.8 Å². The van der Waals surface area contributed by atoms with Crippen LogP contribution in [-0.2, 0) is 0 Å². The summed E-state index contributed by atoms with van der Waals surface area (Å²) in [4.78, 5) is 29.4. The molecule has 3 heterocycles. The highest BCUT2D eigenvalue weighted by atomic mass is 16.1. The van der Waals surface area contributed by atoms with Gasteiger partial charge in [0, 0.05) is 36.0 Å². The van der Waals surface area contributed by atoms with Crippen LogP contribution in [0, 0.1) is 0 Å². The summed E-state index contributed by atoms with van der Waals surface area (Å²) >= 11 is 0. The Labute approximate surface area is 174 Å². The molecule has 0 aliphatic rings. The van der Waals surface area contributed by atoms with Gasteiger partial charge in [0.2, 0.25) is 0 Å². The van der Waals surface area contributed by atoms with Crippen molar-refractivity contribution in [1.82, 2.24) is 19.9 Å². The molecule has 0 radical (unpaired) electrons. The van der Waals surface area contributed by atoms with E-state index in [1.807, 2.05) is 43.3 Å². The number of nitrogens with zero attached hydrogens (tertiary/aromatic N) is 4. The predicted molar refractivity (Wildman–Crippen MR) is 116 cm³/mol. The summed E-state index contributed by atoms with van der Waals surface area (Å²) in [5, 5.41) is 6.27. The first-order valence-electron chi connectivity index (χ1n) is 9.49.